The first kappa shape index (κ1) is 25.1. The number of hydrogen-bond acceptors (Lipinski definition) is 4. The number of piperazine rings is 1. The van der Waals surface area contributed by atoms with Crippen molar-refractivity contribution in [3.8, 4) is 0 Å². The average Bonchev–Trinajstić information content (AvgIpc) is 3.35. The number of amides is 2. The van der Waals surface area contributed by atoms with Crippen LogP contribution in [0.15, 0.2) is 64.5 Å². The molecule has 0 aliphatic carbocycles. The smallest absolute Gasteiger partial charge is 0.254 e. The van der Waals surface area contributed by atoms with Crippen LogP contribution in [0.5, 0.6) is 0 Å². The number of benzene rings is 2. The lowest BCUT2D eigenvalue weighted by Gasteiger charge is -2.41. The van der Waals surface area contributed by atoms with Crippen LogP contribution in [-0.4, -0.2) is 65.3 Å². The van der Waals surface area contributed by atoms with Gasteiger partial charge in [-0.3, -0.25) is 14.5 Å². The Balaban J connectivity index is 1.22. The zero-order chi connectivity index (χ0) is 25.2. The molecule has 2 amide bonds. The molecule has 3 aromatic rings. The van der Waals surface area contributed by atoms with E-state index in [2.05, 4.69) is 32.3 Å². The number of thiophene rings is 1. The Hall–Kier alpha value is -2.55. The molecule has 2 aliphatic rings. The third-order valence-electron chi connectivity index (χ3n) is 7.16. The molecular weight excluding hydrogens is 541 g/mol. The van der Waals surface area contributed by atoms with Gasteiger partial charge in [0.1, 0.15) is 5.82 Å². The second-order valence-electron chi connectivity index (χ2n) is 9.49. The normalized spacial score (nSPS) is 20.3. The van der Waals surface area contributed by atoms with Crippen LogP contribution in [0.4, 0.5) is 4.39 Å². The standard InChI is InChI=1S/C28H29BrFN3O2S/c1-19-18-32(13-14-33(19)28(35)21-5-2-6-22(29)16-21)26(34)9-12-31-11-8-25-24(10-15-36-25)27(31)20-4-3-7-23(30)17-20/h2-7,10,15-17,19,27H,8-9,11-14,18H2,1H3. The fourth-order valence-corrected chi connectivity index (χ4v) is 6.65. The Bertz CT molecular complexity index is 1260. The molecule has 0 radical (unpaired) electrons. The largest absolute Gasteiger partial charge is 0.339 e. The summed E-state index contributed by atoms with van der Waals surface area (Å²) in [5, 5.41) is 2.10. The lowest BCUT2D eigenvalue weighted by atomic mass is 9.93. The van der Waals surface area contributed by atoms with Gasteiger partial charge in [-0.1, -0.05) is 34.1 Å². The van der Waals surface area contributed by atoms with Crippen molar-refractivity contribution in [1.29, 1.82) is 0 Å². The van der Waals surface area contributed by atoms with Crippen LogP contribution in [0.25, 0.3) is 0 Å². The number of halogens is 2. The Morgan fingerprint density at radius 2 is 1.92 bits per heavy atom. The molecule has 1 saturated heterocycles. The predicted octanol–water partition coefficient (Wildman–Crippen LogP) is 5.36. The van der Waals surface area contributed by atoms with Crippen LogP contribution in [0.1, 0.15) is 45.7 Å². The molecule has 5 rings (SSSR count). The van der Waals surface area contributed by atoms with Gasteiger partial charge in [0.25, 0.3) is 5.91 Å². The molecule has 1 fully saturated rings. The number of hydrogen-bond donors (Lipinski definition) is 0. The van der Waals surface area contributed by atoms with Crippen LogP contribution in [0.3, 0.4) is 0 Å². The molecule has 2 aromatic carbocycles. The maximum absolute atomic E-state index is 14.1. The highest BCUT2D eigenvalue weighted by Crippen LogP contribution is 2.38. The number of rotatable bonds is 5. The molecular formula is C28H29BrFN3O2S. The van der Waals surface area contributed by atoms with Crippen LogP contribution in [-0.2, 0) is 11.2 Å². The molecule has 2 aliphatic heterocycles. The molecule has 0 bridgehead atoms. The van der Waals surface area contributed by atoms with Gasteiger partial charge in [-0.15, -0.1) is 11.3 Å². The van der Waals surface area contributed by atoms with Gasteiger partial charge >= 0.3 is 0 Å². The molecule has 2 unspecified atom stereocenters. The van der Waals surface area contributed by atoms with E-state index in [9.17, 15) is 14.0 Å². The summed E-state index contributed by atoms with van der Waals surface area (Å²) >= 11 is 5.18. The molecule has 0 N–H and O–H groups in total. The quantitative estimate of drug-likeness (QED) is 0.415. The van der Waals surface area contributed by atoms with Gasteiger partial charge in [-0.05, 0) is 66.2 Å². The Morgan fingerprint density at radius 3 is 2.69 bits per heavy atom. The number of nitrogens with zero attached hydrogens (tertiary/aromatic N) is 3. The summed E-state index contributed by atoms with van der Waals surface area (Å²) in [6, 6.07) is 16.3. The number of fused-ring (bicyclic) bond motifs is 1. The molecule has 36 heavy (non-hydrogen) atoms. The minimum atomic E-state index is -0.241. The van der Waals surface area contributed by atoms with E-state index in [1.165, 1.54) is 16.5 Å². The van der Waals surface area contributed by atoms with E-state index in [1.54, 1.807) is 23.5 Å². The average molecular weight is 571 g/mol. The van der Waals surface area contributed by atoms with Gasteiger partial charge in [0, 0.05) is 60.1 Å². The van der Waals surface area contributed by atoms with Gasteiger partial charge in [0.05, 0.1) is 6.04 Å². The van der Waals surface area contributed by atoms with Gasteiger partial charge in [-0.25, -0.2) is 4.39 Å². The van der Waals surface area contributed by atoms with Crippen molar-refractivity contribution in [2.75, 3.05) is 32.7 Å². The Kier molecular flexibility index (Phi) is 7.55. The van der Waals surface area contributed by atoms with Crippen LogP contribution >= 0.6 is 27.3 Å². The first-order valence-electron chi connectivity index (χ1n) is 12.3. The third kappa shape index (κ3) is 5.26. The molecule has 188 valence electrons. The van der Waals surface area contributed by atoms with E-state index in [0.29, 0.717) is 38.2 Å². The Morgan fingerprint density at radius 1 is 1.08 bits per heavy atom. The minimum Gasteiger partial charge on any atom is -0.339 e. The van der Waals surface area contributed by atoms with Crippen LogP contribution in [0.2, 0.25) is 0 Å². The van der Waals surface area contributed by atoms with Gasteiger partial charge in [0.15, 0.2) is 0 Å². The minimum absolute atomic E-state index is 0.00582. The summed E-state index contributed by atoms with van der Waals surface area (Å²) in [4.78, 5) is 33.6. The van der Waals surface area contributed by atoms with Crippen molar-refractivity contribution >= 4 is 39.1 Å². The molecule has 8 heteroatoms. The summed E-state index contributed by atoms with van der Waals surface area (Å²) in [6.45, 7) is 5.03. The first-order chi connectivity index (χ1) is 17.4. The lowest BCUT2D eigenvalue weighted by Crippen LogP contribution is -2.55. The second kappa shape index (κ2) is 10.8. The molecule has 0 spiro atoms. The summed E-state index contributed by atoms with van der Waals surface area (Å²) in [7, 11) is 0. The highest BCUT2D eigenvalue weighted by atomic mass is 79.9. The zero-order valence-corrected chi connectivity index (χ0v) is 22.6. The van der Waals surface area contributed by atoms with Crippen molar-refractivity contribution in [3.05, 3.63) is 91.8 Å². The number of carbonyl (C=O) groups excluding carboxylic acids is 2. The van der Waals surface area contributed by atoms with Crippen molar-refractivity contribution in [3.63, 3.8) is 0 Å². The zero-order valence-electron chi connectivity index (χ0n) is 20.2. The van der Waals surface area contributed by atoms with Crippen LogP contribution < -0.4 is 0 Å². The fraction of sp³-hybridized carbons (Fsp3) is 0.357. The van der Waals surface area contributed by atoms with Crippen molar-refractivity contribution in [1.82, 2.24) is 14.7 Å². The highest BCUT2D eigenvalue weighted by molar-refractivity contribution is 9.10. The third-order valence-corrected chi connectivity index (χ3v) is 8.65. The predicted molar refractivity (Wildman–Crippen MR) is 144 cm³/mol. The first-order valence-corrected chi connectivity index (χ1v) is 14.0. The molecule has 3 heterocycles. The van der Waals surface area contributed by atoms with Crippen molar-refractivity contribution in [2.24, 2.45) is 0 Å². The van der Waals surface area contributed by atoms with E-state index in [4.69, 9.17) is 0 Å². The van der Waals surface area contributed by atoms with Crippen molar-refractivity contribution < 1.29 is 14.0 Å². The van der Waals surface area contributed by atoms with Crippen molar-refractivity contribution in [2.45, 2.75) is 31.8 Å². The highest BCUT2D eigenvalue weighted by Gasteiger charge is 2.33. The molecule has 1 aromatic heterocycles. The van der Waals surface area contributed by atoms with E-state index < -0.39 is 0 Å². The summed E-state index contributed by atoms with van der Waals surface area (Å²) in [5.41, 5.74) is 2.80. The molecule has 2 atom stereocenters. The number of carbonyl (C=O) groups is 2. The maximum atomic E-state index is 14.1. The van der Waals surface area contributed by atoms with Crippen LogP contribution in [0, 0.1) is 5.82 Å². The maximum Gasteiger partial charge on any atom is 0.254 e. The molecule has 0 saturated carbocycles. The summed E-state index contributed by atoms with van der Waals surface area (Å²) < 4.78 is 14.9. The monoisotopic (exact) mass is 569 g/mol. The van der Waals surface area contributed by atoms with E-state index >= 15 is 0 Å². The Labute approximate surface area is 223 Å². The van der Waals surface area contributed by atoms with E-state index in [-0.39, 0.29) is 29.7 Å². The topological polar surface area (TPSA) is 43.9 Å². The van der Waals surface area contributed by atoms with Gasteiger partial charge < -0.3 is 9.80 Å². The van der Waals surface area contributed by atoms with E-state index in [1.807, 2.05) is 47.1 Å². The second-order valence-corrected chi connectivity index (χ2v) is 11.4. The summed E-state index contributed by atoms with van der Waals surface area (Å²) in [5.74, 6) is -0.144. The SMILES string of the molecule is CC1CN(C(=O)CCN2CCc3sccc3C2c2cccc(F)c2)CCN1C(=O)c1cccc(Br)c1. The van der Waals surface area contributed by atoms with E-state index in [0.717, 1.165) is 23.0 Å². The van der Waals surface area contributed by atoms with Gasteiger partial charge in [-0.2, -0.15) is 0 Å². The lowest BCUT2D eigenvalue weighted by molar-refractivity contribution is -0.134. The fourth-order valence-electron chi connectivity index (χ4n) is 5.35. The molecule has 5 nitrogen and oxygen atoms in total. The van der Waals surface area contributed by atoms with Gasteiger partial charge in [0.2, 0.25) is 5.91 Å². The summed E-state index contributed by atoms with van der Waals surface area (Å²) in [6.07, 6.45) is 1.35.